The van der Waals surface area contributed by atoms with Crippen LogP contribution < -0.4 is 11.1 Å². The molecule has 0 aromatic heterocycles. The minimum Gasteiger partial charge on any atom is -0.323 e. The van der Waals surface area contributed by atoms with Gasteiger partial charge in [-0.2, -0.15) is 0 Å². The lowest BCUT2D eigenvalue weighted by molar-refractivity contribution is 0.251. The Morgan fingerprint density at radius 1 is 1.58 bits per heavy atom. The normalized spacial score (nSPS) is 42.5. The Labute approximate surface area is 74.3 Å². The van der Waals surface area contributed by atoms with Gasteiger partial charge in [0.15, 0.2) is 0 Å². The average Bonchev–Trinajstić information content (AvgIpc) is 2.41. The second kappa shape index (κ2) is 2.69. The summed E-state index contributed by atoms with van der Waals surface area (Å²) in [5, 5.41) is 3.37. The molecule has 0 amide bonds. The molecule has 2 fully saturated rings. The molecule has 0 bridgehead atoms. The zero-order chi connectivity index (χ0) is 8.77. The first-order chi connectivity index (χ1) is 5.62. The van der Waals surface area contributed by atoms with E-state index in [0.29, 0.717) is 12.0 Å². The summed E-state index contributed by atoms with van der Waals surface area (Å²) < 4.78 is 0. The van der Waals surface area contributed by atoms with E-state index in [9.17, 15) is 0 Å². The largest absolute Gasteiger partial charge is 0.323 e. The molecule has 2 aliphatic heterocycles. The highest BCUT2D eigenvalue weighted by Crippen LogP contribution is 2.29. The minimum absolute atomic E-state index is 0.0737. The third-order valence-electron chi connectivity index (χ3n) is 3.34. The smallest absolute Gasteiger partial charge is 0.0463 e. The van der Waals surface area contributed by atoms with Crippen LogP contribution in [0.5, 0.6) is 0 Å². The molecule has 2 aliphatic rings. The molecule has 2 saturated heterocycles. The van der Waals surface area contributed by atoms with Gasteiger partial charge >= 0.3 is 0 Å². The van der Waals surface area contributed by atoms with Gasteiger partial charge in [-0.1, -0.05) is 0 Å². The Bertz CT molecular complexity index is 181. The van der Waals surface area contributed by atoms with Crippen LogP contribution >= 0.6 is 0 Å². The summed E-state index contributed by atoms with van der Waals surface area (Å²) in [6.07, 6.45) is 0. The van der Waals surface area contributed by atoms with Gasteiger partial charge in [0.1, 0.15) is 0 Å². The van der Waals surface area contributed by atoms with E-state index in [2.05, 4.69) is 24.1 Å². The Hall–Kier alpha value is -0.120. The fraction of sp³-hybridized carbons (Fsp3) is 1.00. The first-order valence-electron chi connectivity index (χ1n) is 4.85. The number of rotatable bonds is 1. The number of hydrogen-bond acceptors (Lipinski definition) is 3. The van der Waals surface area contributed by atoms with Crippen molar-refractivity contribution in [3.05, 3.63) is 0 Å². The van der Waals surface area contributed by atoms with Crippen LogP contribution in [0.1, 0.15) is 13.8 Å². The number of nitrogens with one attached hydrogen (secondary N) is 1. The zero-order valence-corrected chi connectivity index (χ0v) is 8.01. The van der Waals surface area contributed by atoms with E-state index in [1.807, 2.05) is 0 Å². The molecule has 3 nitrogen and oxygen atoms in total. The van der Waals surface area contributed by atoms with Crippen LogP contribution in [0, 0.1) is 5.92 Å². The van der Waals surface area contributed by atoms with Gasteiger partial charge in [0.25, 0.3) is 0 Å². The molecule has 3 heteroatoms. The van der Waals surface area contributed by atoms with Gasteiger partial charge in [0, 0.05) is 43.7 Å². The molecule has 12 heavy (non-hydrogen) atoms. The fourth-order valence-electron chi connectivity index (χ4n) is 2.38. The van der Waals surface area contributed by atoms with Crippen LogP contribution in [-0.2, 0) is 0 Å². The zero-order valence-electron chi connectivity index (χ0n) is 8.01. The van der Waals surface area contributed by atoms with Crippen molar-refractivity contribution in [1.82, 2.24) is 10.2 Å². The van der Waals surface area contributed by atoms with E-state index >= 15 is 0 Å². The first-order valence-corrected chi connectivity index (χ1v) is 4.85. The molecule has 0 spiro atoms. The van der Waals surface area contributed by atoms with Crippen molar-refractivity contribution < 1.29 is 0 Å². The maximum absolute atomic E-state index is 6.29. The monoisotopic (exact) mass is 169 g/mol. The van der Waals surface area contributed by atoms with Crippen molar-refractivity contribution in [3.8, 4) is 0 Å². The minimum atomic E-state index is 0.0737. The van der Waals surface area contributed by atoms with Crippen molar-refractivity contribution in [2.24, 2.45) is 11.7 Å². The molecular weight excluding hydrogens is 150 g/mol. The SMILES string of the molecule is CC(C)N1CC2CNCC2(N)C1. The van der Waals surface area contributed by atoms with Crippen LogP contribution in [0.25, 0.3) is 0 Å². The van der Waals surface area contributed by atoms with E-state index in [1.165, 1.54) is 6.54 Å². The maximum Gasteiger partial charge on any atom is 0.0463 e. The molecule has 2 unspecified atom stereocenters. The molecule has 2 rings (SSSR count). The van der Waals surface area contributed by atoms with E-state index in [0.717, 1.165) is 19.6 Å². The molecule has 3 N–H and O–H groups in total. The number of likely N-dealkylation sites (tertiary alicyclic amines) is 1. The number of fused-ring (bicyclic) bond motifs is 1. The van der Waals surface area contributed by atoms with Crippen LogP contribution in [0.15, 0.2) is 0 Å². The lowest BCUT2D eigenvalue weighted by atomic mass is 9.92. The second-order valence-corrected chi connectivity index (χ2v) is 4.58. The molecule has 2 atom stereocenters. The average molecular weight is 169 g/mol. The van der Waals surface area contributed by atoms with Gasteiger partial charge in [0.05, 0.1) is 0 Å². The Balaban J connectivity index is 2.06. The van der Waals surface area contributed by atoms with Crippen LogP contribution in [0.3, 0.4) is 0 Å². The van der Waals surface area contributed by atoms with E-state index in [4.69, 9.17) is 5.73 Å². The lowest BCUT2D eigenvalue weighted by Gasteiger charge is -2.24. The summed E-state index contributed by atoms with van der Waals surface area (Å²) in [7, 11) is 0. The summed E-state index contributed by atoms with van der Waals surface area (Å²) in [6, 6.07) is 0.649. The van der Waals surface area contributed by atoms with E-state index < -0.39 is 0 Å². The molecular formula is C9H19N3. The van der Waals surface area contributed by atoms with Gasteiger partial charge < -0.3 is 11.1 Å². The van der Waals surface area contributed by atoms with Gasteiger partial charge in [-0.3, -0.25) is 4.90 Å². The third-order valence-corrected chi connectivity index (χ3v) is 3.34. The lowest BCUT2D eigenvalue weighted by Crippen LogP contribution is -2.49. The molecule has 0 radical (unpaired) electrons. The Morgan fingerprint density at radius 3 is 2.92 bits per heavy atom. The van der Waals surface area contributed by atoms with Crippen molar-refractivity contribution in [3.63, 3.8) is 0 Å². The van der Waals surface area contributed by atoms with Gasteiger partial charge in [-0.15, -0.1) is 0 Å². The predicted molar refractivity (Wildman–Crippen MR) is 50.0 cm³/mol. The molecule has 0 aromatic rings. The quantitative estimate of drug-likeness (QED) is 0.562. The molecule has 2 heterocycles. The predicted octanol–water partition coefficient (Wildman–Crippen LogP) is -0.373. The van der Waals surface area contributed by atoms with Gasteiger partial charge in [-0.25, -0.2) is 0 Å². The van der Waals surface area contributed by atoms with E-state index in [-0.39, 0.29) is 5.54 Å². The Kier molecular flexibility index (Phi) is 1.90. The molecule has 70 valence electrons. The summed E-state index contributed by atoms with van der Waals surface area (Å²) in [6.45, 7) is 8.86. The van der Waals surface area contributed by atoms with Crippen LogP contribution in [0.2, 0.25) is 0 Å². The van der Waals surface area contributed by atoms with Crippen molar-refractivity contribution in [1.29, 1.82) is 0 Å². The van der Waals surface area contributed by atoms with Crippen LogP contribution in [-0.4, -0.2) is 42.7 Å². The van der Waals surface area contributed by atoms with Gasteiger partial charge in [0.2, 0.25) is 0 Å². The van der Waals surface area contributed by atoms with Gasteiger partial charge in [-0.05, 0) is 13.8 Å². The molecule has 0 saturated carbocycles. The topological polar surface area (TPSA) is 41.3 Å². The van der Waals surface area contributed by atoms with Crippen LogP contribution in [0.4, 0.5) is 0 Å². The highest BCUT2D eigenvalue weighted by Gasteiger charge is 2.46. The highest BCUT2D eigenvalue weighted by molar-refractivity contribution is 5.07. The summed E-state index contributed by atoms with van der Waals surface area (Å²) >= 11 is 0. The van der Waals surface area contributed by atoms with Crippen molar-refractivity contribution in [2.75, 3.05) is 26.2 Å². The highest BCUT2D eigenvalue weighted by atomic mass is 15.2. The van der Waals surface area contributed by atoms with E-state index in [1.54, 1.807) is 0 Å². The summed E-state index contributed by atoms with van der Waals surface area (Å²) in [4.78, 5) is 2.49. The fourth-order valence-corrected chi connectivity index (χ4v) is 2.38. The third kappa shape index (κ3) is 1.16. The number of hydrogen-bond donors (Lipinski definition) is 2. The van der Waals surface area contributed by atoms with Crippen molar-refractivity contribution in [2.45, 2.75) is 25.4 Å². The molecule has 0 aliphatic carbocycles. The number of nitrogens with zero attached hydrogens (tertiary/aromatic N) is 1. The number of nitrogens with two attached hydrogens (primary N) is 1. The summed E-state index contributed by atoms with van der Waals surface area (Å²) in [5.41, 5.74) is 6.36. The summed E-state index contributed by atoms with van der Waals surface area (Å²) in [5.74, 6) is 0.680. The molecule has 0 aromatic carbocycles. The first kappa shape index (κ1) is 8.48. The standard InChI is InChI=1S/C9H19N3/c1-7(2)12-4-8-3-11-5-9(8,10)6-12/h7-8,11H,3-6,10H2,1-2H3. The Morgan fingerprint density at radius 2 is 2.33 bits per heavy atom. The second-order valence-electron chi connectivity index (χ2n) is 4.58. The van der Waals surface area contributed by atoms with Crippen molar-refractivity contribution >= 4 is 0 Å². The maximum atomic E-state index is 6.29.